The molecule has 0 bridgehead atoms. The van der Waals surface area contributed by atoms with Gasteiger partial charge in [-0.2, -0.15) is 5.10 Å². The predicted molar refractivity (Wildman–Crippen MR) is 103 cm³/mol. The molecule has 144 valence electrons. The summed E-state index contributed by atoms with van der Waals surface area (Å²) in [6.07, 6.45) is 4.67. The van der Waals surface area contributed by atoms with Crippen molar-refractivity contribution in [3.8, 4) is 5.88 Å². The molecule has 9 heteroatoms. The Hall–Kier alpha value is -3.36. The fourth-order valence-electron chi connectivity index (χ4n) is 2.43. The molecule has 1 aromatic heterocycles. The Kier molecular flexibility index (Phi) is 7.36. The Balaban J connectivity index is 2.06. The first kappa shape index (κ1) is 20.0. The standard InChI is InChI=1S/C18H23N5O4/c1-2-3-4-8-11-23-16(25)14(15(24)21-18(23)27)12-19-22-17(26)20-13-9-6-5-7-10-13/h5-7,9-10,12,25H,2-4,8,11H2,1H3,(H2,20,22,26)(H,21,24,27)/b19-12+. The highest BCUT2D eigenvalue weighted by Gasteiger charge is 2.12. The number of aromatic hydroxyl groups is 1. The fourth-order valence-corrected chi connectivity index (χ4v) is 2.43. The minimum Gasteiger partial charge on any atom is -0.494 e. The first-order valence-corrected chi connectivity index (χ1v) is 8.74. The number of carbonyl (C=O) groups is 1. The van der Waals surface area contributed by atoms with Gasteiger partial charge in [0.1, 0.15) is 5.56 Å². The molecule has 0 aliphatic rings. The molecule has 0 saturated carbocycles. The number of carbonyl (C=O) groups excluding carboxylic acids is 1. The molecule has 0 unspecified atom stereocenters. The zero-order valence-corrected chi connectivity index (χ0v) is 15.1. The van der Waals surface area contributed by atoms with Crippen molar-refractivity contribution in [1.29, 1.82) is 0 Å². The van der Waals surface area contributed by atoms with Crippen LogP contribution in [0.1, 0.15) is 38.2 Å². The van der Waals surface area contributed by atoms with Gasteiger partial charge in [0.2, 0.25) is 5.88 Å². The van der Waals surface area contributed by atoms with Gasteiger partial charge in [-0.3, -0.25) is 14.3 Å². The van der Waals surface area contributed by atoms with Crippen LogP contribution in [0.15, 0.2) is 45.0 Å². The molecule has 0 spiro atoms. The summed E-state index contributed by atoms with van der Waals surface area (Å²) in [4.78, 5) is 37.7. The number of hydrazone groups is 1. The van der Waals surface area contributed by atoms with Gasteiger partial charge >= 0.3 is 11.7 Å². The van der Waals surface area contributed by atoms with Crippen molar-refractivity contribution in [2.75, 3.05) is 5.32 Å². The van der Waals surface area contributed by atoms with Crippen molar-refractivity contribution in [3.05, 3.63) is 56.7 Å². The van der Waals surface area contributed by atoms with Crippen LogP contribution in [0.5, 0.6) is 5.88 Å². The molecule has 0 aliphatic heterocycles. The van der Waals surface area contributed by atoms with Gasteiger partial charge in [0.15, 0.2) is 0 Å². The van der Waals surface area contributed by atoms with E-state index in [1.807, 2.05) is 6.07 Å². The molecule has 2 rings (SSSR count). The molecule has 0 fully saturated rings. The molecular formula is C18H23N5O4. The molecule has 2 aromatic rings. The molecule has 2 amide bonds. The van der Waals surface area contributed by atoms with Crippen molar-refractivity contribution in [2.45, 2.75) is 39.2 Å². The van der Waals surface area contributed by atoms with E-state index in [-0.39, 0.29) is 12.1 Å². The minimum atomic E-state index is -0.781. The maximum Gasteiger partial charge on any atom is 0.339 e. The number of hydrogen-bond acceptors (Lipinski definition) is 5. The van der Waals surface area contributed by atoms with Gasteiger partial charge in [-0.15, -0.1) is 0 Å². The summed E-state index contributed by atoms with van der Waals surface area (Å²) in [5.41, 5.74) is 1.11. The van der Waals surface area contributed by atoms with Crippen molar-refractivity contribution < 1.29 is 9.90 Å². The summed E-state index contributed by atoms with van der Waals surface area (Å²) in [5, 5.41) is 16.4. The number of aromatic amines is 1. The third-order valence-electron chi connectivity index (χ3n) is 3.83. The molecule has 0 atom stereocenters. The number of unbranched alkanes of at least 4 members (excludes halogenated alkanes) is 3. The highest BCUT2D eigenvalue weighted by Crippen LogP contribution is 2.10. The third kappa shape index (κ3) is 5.84. The molecule has 0 radical (unpaired) electrons. The first-order valence-electron chi connectivity index (χ1n) is 8.74. The smallest absolute Gasteiger partial charge is 0.339 e. The zero-order chi connectivity index (χ0) is 19.6. The number of benzene rings is 1. The lowest BCUT2D eigenvalue weighted by atomic mass is 10.2. The number of urea groups is 1. The van der Waals surface area contributed by atoms with E-state index in [9.17, 15) is 19.5 Å². The number of hydrogen-bond donors (Lipinski definition) is 4. The summed E-state index contributed by atoms with van der Waals surface area (Å²) < 4.78 is 1.09. The molecule has 1 aromatic carbocycles. The normalized spacial score (nSPS) is 10.9. The van der Waals surface area contributed by atoms with E-state index in [1.54, 1.807) is 24.3 Å². The molecule has 0 aliphatic carbocycles. The van der Waals surface area contributed by atoms with Crippen LogP contribution in [0, 0.1) is 0 Å². The van der Waals surface area contributed by atoms with Gasteiger partial charge in [0.05, 0.1) is 6.21 Å². The van der Waals surface area contributed by atoms with E-state index in [0.717, 1.165) is 30.0 Å². The van der Waals surface area contributed by atoms with Crippen LogP contribution >= 0.6 is 0 Å². The SMILES string of the molecule is CCCCCCn1c(O)c(/C=N/NC(=O)Nc2ccccc2)c(=O)[nH]c1=O. The molecule has 27 heavy (non-hydrogen) atoms. The quantitative estimate of drug-likeness (QED) is 0.320. The van der Waals surface area contributed by atoms with Gasteiger partial charge in [0.25, 0.3) is 5.56 Å². The van der Waals surface area contributed by atoms with Crippen molar-refractivity contribution in [2.24, 2.45) is 5.10 Å². The average Bonchev–Trinajstić information content (AvgIpc) is 2.64. The van der Waals surface area contributed by atoms with E-state index < -0.39 is 23.2 Å². The van der Waals surface area contributed by atoms with E-state index >= 15 is 0 Å². The van der Waals surface area contributed by atoms with E-state index in [2.05, 4.69) is 27.8 Å². The maximum absolute atomic E-state index is 11.9. The summed E-state index contributed by atoms with van der Waals surface area (Å²) in [7, 11) is 0. The monoisotopic (exact) mass is 373 g/mol. The molecule has 0 saturated heterocycles. The van der Waals surface area contributed by atoms with Crippen molar-refractivity contribution in [3.63, 3.8) is 0 Å². The first-order chi connectivity index (χ1) is 13.0. The van der Waals surface area contributed by atoms with Gasteiger partial charge in [-0.05, 0) is 18.6 Å². The van der Waals surface area contributed by atoms with Crippen LogP contribution in [-0.4, -0.2) is 26.9 Å². The molecule has 9 nitrogen and oxygen atoms in total. The number of anilines is 1. The topological polar surface area (TPSA) is 129 Å². The summed E-state index contributed by atoms with van der Waals surface area (Å²) in [5.74, 6) is -0.478. The second-order valence-electron chi connectivity index (χ2n) is 5.90. The Morgan fingerprint density at radius 3 is 2.67 bits per heavy atom. The highest BCUT2D eigenvalue weighted by atomic mass is 16.3. The minimum absolute atomic E-state index is 0.204. The number of aromatic nitrogens is 2. The lowest BCUT2D eigenvalue weighted by Gasteiger charge is -2.09. The third-order valence-corrected chi connectivity index (χ3v) is 3.83. The van der Waals surface area contributed by atoms with Crippen LogP contribution in [0.2, 0.25) is 0 Å². The Bertz CT molecular complexity index is 902. The summed E-state index contributed by atoms with van der Waals surface area (Å²) >= 11 is 0. The van der Waals surface area contributed by atoms with Crippen LogP contribution in [0.4, 0.5) is 10.5 Å². The van der Waals surface area contributed by atoms with Crippen LogP contribution < -0.4 is 22.0 Å². The summed E-state index contributed by atoms with van der Waals surface area (Å²) in [6, 6.07) is 8.14. The molecular weight excluding hydrogens is 350 g/mol. The number of amides is 2. The summed E-state index contributed by atoms with van der Waals surface area (Å²) in [6.45, 7) is 2.35. The second kappa shape index (κ2) is 9.95. The Morgan fingerprint density at radius 1 is 1.22 bits per heavy atom. The lowest BCUT2D eigenvalue weighted by molar-refractivity contribution is 0.252. The van der Waals surface area contributed by atoms with Gasteiger partial charge < -0.3 is 10.4 Å². The van der Waals surface area contributed by atoms with E-state index in [0.29, 0.717) is 12.1 Å². The zero-order valence-electron chi connectivity index (χ0n) is 15.1. The van der Waals surface area contributed by atoms with Crippen LogP contribution in [0.25, 0.3) is 0 Å². The van der Waals surface area contributed by atoms with E-state index in [4.69, 9.17) is 0 Å². The Morgan fingerprint density at radius 2 is 1.96 bits per heavy atom. The second-order valence-corrected chi connectivity index (χ2v) is 5.90. The lowest BCUT2D eigenvalue weighted by Crippen LogP contribution is -2.32. The number of para-hydroxylation sites is 1. The number of nitrogens with one attached hydrogen (secondary N) is 3. The highest BCUT2D eigenvalue weighted by molar-refractivity contribution is 5.90. The molecule has 4 N–H and O–H groups in total. The van der Waals surface area contributed by atoms with Crippen molar-refractivity contribution in [1.82, 2.24) is 15.0 Å². The van der Waals surface area contributed by atoms with Gasteiger partial charge in [-0.1, -0.05) is 44.4 Å². The van der Waals surface area contributed by atoms with E-state index in [1.165, 1.54) is 0 Å². The van der Waals surface area contributed by atoms with Crippen molar-refractivity contribution >= 4 is 17.9 Å². The fraction of sp³-hybridized carbons (Fsp3) is 0.333. The number of nitrogens with zero attached hydrogens (tertiary/aromatic N) is 2. The van der Waals surface area contributed by atoms with Crippen LogP contribution in [-0.2, 0) is 6.54 Å². The van der Waals surface area contributed by atoms with Gasteiger partial charge in [-0.25, -0.2) is 15.0 Å². The number of rotatable bonds is 8. The maximum atomic E-state index is 11.9. The van der Waals surface area contributed by atoms with Crippen LogP contribution in [0.3, 0.4) is 0 Å². The largest absolute Gasteiger partial charge is 0.494 e. The number of H-pyrrole nitrogens is 1. The van der Waals surface area contributed by atoms with Gasteiger partial charge in [0, 0.05) is 12.2 Å². The molecule has 1 heterocycles. The Labute approximate surface area is 155 Å². The average molecular weight is 373 g/mol. The predicted octanol–water partition coefficient (Wildman–Crippen LogP) is 1.98.